The Balaban J connectivity index is 2.18. The van der Waals surface area contributed by atoms with Crippen molar-refractivity contribution in [2.24, 2.45) is 7.05 Å². The van der Waals surface area contributed by atoms with Gasteiger partial charge in [-0.2, -0.15) is 5.10 Å². The SMILES string of the molecule is Cc1ccc(CN(C)C(=O)c2c(N)c(C)nn2C)cc1. The number of carbonyl (C=O) groups excluding carboxylic acids is 1. The summed E-state index contributed by atoms with van der Waals surface area (Å²) in [5.74, 6) is -0.119. The fourth-order valence-electron chi connectivity index (χ4n) is 2.15. The molecule has 0 aliphatic heterocycles. The highest BCUT2D eigenvalue weighted by Crippen LogP contribution is 2.18. The first-order valence-corrected chi connectivity index (χ1v) is 6.50. The van der Waals surface area contributed by atoms with Crippen LogP contribution in [0.2, 0.25) is 0 Å². The molecule has 0 radical (unpaired) electrons. The monoisotopic (exact) mass is 272 g/mol. The zero-order valence-corrected chi connectivity index (χ0v) is 12.3. The molecule has 2 aromatic rings. The van der Waals surface area contributed by atoms with Crippen molar-refractivity contribution in [1.82, 2.24) is 14.7 Å². The molecule has 0 saturated heterocycles. The number of aryl methyl sites for hydroxylation is 3. The van der Waals surface area contributed by atoms with Crippen LogP contribution in [0.15, 0.2) is 24.3 Å². The van der Waals surface area contributed by atoms with E-state index >= 15 is 0 Å². The molecule has 1 amide bonds. The van der Waals surface area contributed by atoms with Crippen molar-refractivity contribution in [1.29, 1.82) is 0 Å². The second kappa shape index (κ2) is 5.36. The molecule has 0 aliphatic carbocycles. The molecule has 0 bridgehead atoms. The maximum Gasteiger partial charge on any atom is 0.274 e. The molecule has 0 aliphatic rings. The van der Waals surface area contributed by atoms with Crippen molar-refractivity contribution in [2.45, 2.75) is 20.4 Å². The lowest BCUT2D eigenvalue weighted by molar-refractivity contribution is 0.0775. The highest BCUT2D eigenvalue weighted by atomic mass is 16.2. The van der Waals surface area contributed by atoms with Crippen LogP contribution in [0.1, 0.15) is 27.3 Å². The fraction of sp³-hybridized carbons (Fsp3) is 0.333. The van der Waals surface area contributed by atoms with E-state index in [1.165, 1.54) is 5.56 Å². The van der Waals surface area contributed by atoms with Gasteiger partial charge in [0.25, 0.3) is 5.91 Å². The van der Waals surface area contributed by atoms with Gasteiger partial charge in [-0.25, -0.2) is 0 Å². The van der Waals surface area contributed by atoms with Gasteiger partial charge in [-0.3, -0.25) is 9.48 Å². The zero-order valence-electron chi connectivity index (χ0n) is 12.3. The number of nitrogens with two attached hydrogens (primary N) is 1. The minimum atomic E-state index is -0.119. The quantitative estimate of drug-likeness (QED) is 0.928. The minimum absolute atomic E-state index is 0.119. The van der Waals surface area contributed by atoms with Gasteiger partial charge in [0.1, 0.15) is 5.69 Å². The first kappa shape index (κ1) is 14.1. The van der Waals surface area contributed by atoms with Gasteiger partial charge in [0.05, 0.1) is 11.4 Å². The van der Waals surface area contributed by atoms with Crippen molar-refractivity contribution >= 4 is 11.6 Å². The van der Waals surface area contributed by atoms with Gasteiger partial charge in [0.15, 0.2) is 0 Å². The molecular formula is C15H20N4O. The van der Waals surface area contributed by atoms with Crippen LogP contribution in [-0.4, -0.2) is 27.6 Å². The highest BCUT2D eigenvalue weighted by molar-refractivity contribution is 5.97. The van der Waals surface area contributed by atoms with Crippen LogP contribution in [0.4, 0.5) is 5.69 Å². The van der Waals surface area contributed by atoms with Gasteiger partial charge < -0.3 is 10.6 Å². The Morgan fingerprint density at radius 1 is 1.30 bits per heavy atom. The van der Waals surface area contributed by atoms with Crippen molar-refractivity contribution in [3.05, 3.63) is 46.8 Å². The van der Waals surface area contributed by atoms with Crippen LogP contribution in [0.3, 0.4) is 0 Å². The van der Waals surface area contributed by atoms with Crippen LogP contribution in [-0.2, 0) is 13.6 Å². The van der Waals surface area contributed by atoms with Crippen LogP contribution in [0.5, 0.6) is 0 Å². The Labute approximate surface area is 119 Å². The van der Waals surface area contributed by atoms with Crippen LogP contribution >= 0.6 is 0 Å². The number of nitrogens with zero attached hydrogens (tertiary/aromatic N) is 3. The largest absolute Gasteiger partial charge is 0.395 e. The molecule has 1 aromatic carbocycles. The predicted octanol–water partition coefficient (Wildman–Crippen LogP) is 1.89. The predicted molar refractivity (Wildman–Crippen MR) is 79.3 cm³/mol. The molecule has 2 N–H and O–H groups in total. The second-order valence-corrected chi connectivity index (χ2v) is 5.12. The number of aromatic nitrogens is 2. The summed E-state index contributed by atoms with van der Waals surface area (Å²) in [7, 11) is 3.50. The summed E-state index contributed by atoms with van der Waals surface area (Å²) < 4.78 is 1.54. The Morgan fingerprint density at radius 2 is 1.90 bits per heavy atom. The van der Waals surface area contributed by atoms with Gasteiger partial charge >= 0.3 is 0 Å². The van der Waals surface area contributed by atoms with Crippen molar-refractivity contribution < 1.29 is 4.79 Å². The maximum absolute atomic E-state index is 12.5. The molecule has 1 aromatic heterocycles. The average molecular weight is 272 g/mol. The van der Waals surface area contributed by atoms with Crippen molar-refractivity contribution in [3.63, 3.8) is 0 Å². The molecule has 0 unspecified atom stereocenters. The lowest BCUT2D eigenvalue weighted by Crippen LogP contribution is -2.28. The van der Waals surface area contributed by atoms with E-state index in [2.05, 4.69) is 5.10 Å². The number of anilines is 1. The van der Waals surface area contributed by atoms with Gasteiger partial charge in [-0.15, -0.1) is 0 Å². The van der Waals surface area contributed by atoms with Crippen LogP contribution < -0.4 is 5.73 Å². The first-order chi connectivity index (χ1) is 9.40. The molecule has 0 fully saturated rings. The molecule has 0 saturated carbocycles. The van der Waals surface area contributed by atoms with Gasteiger partial charge in [0, 0.05) is 20.6 Å². The second-order valence-electron chi connectivity index (χ2n) is 5.12. The standard InChI is InChI=1S/C15H20N4O/c1-10-5-7-12(8-6-10)9-18(3)15(20)14-13(16)11(2)17-19(14)4/h5-8H,9,16H2,1-4H3. The molecule has 20 heavy (non-hydrogen) atoms. The summed E-state index contributed by atoms with van der Waals surface area (Å²) in [6.07, 6.45) is 0. The number of benzene rings is 1. The lowest BCUT2D eigenvalue weighted by atomic mass is 10.1. The summed E-state index contributed by atoms with van der Waals surface area (Å²) in [6.45, 7) is 4.38. The molecule has 0 spiro atoms. The number of hydrogen-bond acceptors (Lipinski definition) is 3. The molecule has 1 heterocycles. The van der Waals surface area contributed by atoms with E-state index < -0.39 is 0 Å². The lowest BCUT2D eigenvalue weighted by Gasteiger charge is -2.17. The summed E-state index contributed by atoms with van der Waals surface area (Å²) in [5, 5.41) is 4.18. The third-order valence-corrected chi connectivity index (χ3v) is 3.36. The smallest absolute Gasteiger partial charge is 0.274 e. The Kier molecular flexibility index (Phi) is 3.79. The Morgan fingerprint density at radius 3 is 2.40 bits per heavy atom. The van der Waals surface area contributed by atoms with E-state index in [0.29, 0.717) is 23.6 Å². The number of nitrogen functional groups attached to an aromatic ring is 1. The van der Waals surface area contributed by atoms with Gasteiger partial charge in [-0.05, 0) is 19.4 Å². The number of hydrogen-bond donors (Lipinski definition) is 1. The van der Waals surface area contributed by atoms with E-state index in [1.54, 1.807) is 30.6 Å². The maximum atomic E-state index is 12.5. The normalized spacial score (nSPS) is 10.6. The zero-order chi connectivity index (χ0) is 14.9. The molecule has 0 atom stereocenters. The third-order valence-electron chi connectivity index (χ3n) is 3.36. The number of rotatable bonds is 3. The van der Waals surface area contributed by atoms with E-state index in [-0.39, 0.29) is 5.91 Å². The summed E-state index contributed by atoms with van der Waals surface area (Å²) >= 11 is 0. The Hall–Kier alpha value is -2.30. The number of amides is 1. The first-order valence-electron chi connectivity index (χ1n) is 6.50. The van der Waals surface area contributed by atoms with E-state index in [4.69, 9.17) is 5.73 Å². The van der Waals surface area contributed by atoms with E-state index in [0.717, 1.165) is 5.56 Å². The molecule has 5 heteroatoms. The van der Waals surface area contributed by atoms with Gasteiger partial charge in [0.2, 0.25) is 0 Å². The molecular weight excluding hydrogens is 252 g/mol. The summed E-state index contributed by atoms with van der Waals surface area (Å²) in [6, 6.07) is 8.13. The number of carbonyl (C=O) groups is 1. The minimum Gasteiger partial charge on any atom is -0.395 e. The van der Waals surface area contributed by atoms with E-state index in [1.807, 2.05) is 31.2 Å². The van der Waals surface area contributed by atoms with Gasteiger partial charge in [-0.1, -0.05) is 29.8 Å². The third kappa shape index (κ3) is 2.66. The highest BCUT2D eigenvalue weighted by Gasteiger charge is 2.21. The van der Waals surface area contributed by atoms with Crippen molar-refractivity contribution in [3.8, 4) is 0 Å². The van der Waals surface area contributed by atoms with Crippen molar-refractivity contribution in [2.75, 3.05) is 12.8 Å². The summed E-state index contributed by atoms with van der Waals surface area (Å²) in [5.41, 5.74) is 9.79. The summed E-state index contributed by atoms with van der Waals surface area (Å²) in [4.78, 5) is 14.1. The fourth-order valence-corrected chi connectivity index (χ4v) is 2.15. The molecule has 5 nitrogen and oxygen atoms in total. The van der Waals surface area contributed by atoms with E-state index in [9.17, 15) is 4.79 Å². The average Bonchev–Trinajstić information content (AvgIpc) is 2.65. The van der Waals surface area contributed by atoms with Crippen LogP contribution in [0, 0.1) is 13.8 Å². The topological polar surface area (TPSA) is 64.2 Å². The molecule has 2 rings (SSSR count). The Bertz CT molecular complexity index is 628. The molecule has 106 valence electrons. The van der Waals surface area contributed by atoms with Crippen LogP contribution in [0.25, 0.3) is 0 Å².